The number of esters is 1. The molecule has 1 heterocycles. The van der Waals surface area contributed by atoms with E-state index in [4.69, 9.17) is 16.3 Å². The quantitative estimate of drug-likeness (QED) is 0.796. The monoisotopic (exact) mass is 378 g/mol. The molecule has 25 heavy (non-hydrogen) atoms. The molecule has 132 valence electrons. The molecule has 0 saturated heterocycles. The van der Waals surface area contributed by atoms with Gasteiger partial charge >= 0.3 is 5.97 Å². The predicted octanol–water partition coefficient (Wildman–Crippen LogP) is 4.07. The Morgan fingerprint density at radius 2 is 2.04 bits per heavy atom. The van der Waals surface area contributed by atoms with Gasteiger partial charge in [-0.15, -0.1) is 11.3 Å². The second-order valence-electron chi connectivity index (χ2n) is 5.97. The molecule has 1 aromatic carbocycles. The van der Waals surface area contributed by atoms with Gasteiger partial charge in [-0.1, -0.05) is 42.6 Å². The van der Waals surface area contributed by atoms with E-state index in [9.17, 15) is 9.59 Å². The van der Waals surface area contributed by atoms with Crippen molar-refractivity contribution in [2.75, 3.05) is 6.61 Å². The summed E-state index contributed by atoms with van der Waals surface area (Å²) in [5.74, 6) is -0.651. The molecule has 1 aromatic heterocycles. The number of hydrogen-bond donors (Lipinski definition) is 1. The maximum Gasteiger partial charge on any atom is 0.331 e. The maximum absolute atomic E-state index is 12.7. The number of nitrogens with zero attached hydrogens (tertiary/aromatic N) is 1. The third-order valence-electron chi connectivity index (χ3n) is 4.31. The zero-order valence-electron chi connectivity index (χ0n) is 13.9. The molecule has 1 saturated carbocycles. The van der Waals surface area contributed by atoms with Crippen LogP contribution in [-0.2, 0) is 9.53 Å². The van der Waals surface area contributed by atoms with E-state index in [2.05, 4.69) is 10.3 Å². The first-order chi connectivity index (χ1) is 12.1. The van der Waals surface area contributed by atoms with Crippen molar-refractivity contribution in [2.24, 2.45) is 0 Å². The molecule has 1 amide bonds. The van der Waals surface area contributed by atoms with Crippen LogP contribution in [0.5, 0.6) is 0 Å². The van der Waals surface area contributed by atoms with Crippen molar-refractivity contribution in [1.29, 1.82) is 0 Å². The topological polar surface area (TPSA) is 68.3 Å². The van der Waals surface area contributed by atoms with Crippen molar-refractivity contribution >= 4 is 34.8 Å². The summed E-state index contributed by atoms with van der Waals surface area (Å²) in [6.07, 6.45) is 4.52. The van der Waals surface area contributed by atoms with Crippen molar-refractivity contribution in [3.05, 3.63) is 40.4 Å². The van der Waals surface area contributed by atoms with Crippen LogP contribution in [0.3, 0.4) is 0 Å². The summed E-state index contributed by atoms with van der Waals surface area (Å²) in [5, 5.41) is 4.16. The molecule has 5 nitrogen and oxygen atoms in total. The summed E-state index contributed by atoms with van der Waals surface area (Å²) < 4.78 is 5.17. The molecular formula is C18H19ClN2O3S. The number of aromatic nitrogens is 1. The molecule has 3 rings (SSSR count). The number of rotatable bonds is 5. The highest BCUT2D eigenvalue weighted by molar-refractivity contribution is 7.17. The number of halogens is 1. The Bertz CT molecular complexity index is 784. The molecule has 1 N–H and O–H groups in total. The Balaban J connectivity index is 1.79. The molecule has 0 aliphatic heterocycles. The number of amides is 1. The summed E-state index contributed by atoms with van der Waals surface area (Å²) in [7, 11) is 0. The number of ether oxygens (including phenoxy) is 1. The first-order valence-corrected chi connectivity index (χ1v) is 9.45. The SMILES string of the molecule is CCOC(=O)C1(NC(=O)c2cnc(-c3ccccc3Cl)s2)CCCC1. The molecule has 7 heteroatoms. The van der Waals surface area contributed by atoms with Gasteiger partial charge in [-0.2, -0.15) is 0 Å². The van der Waals surface area contributed by atoms with Crippen molar-refractivity contribution in [3.63, 3.8) is 0 Å². The van der Waals surface area contributed by atoms with E-state index < -0.39 is 5.54 Å². The van der Waals surface area contributed by atoms with Crippen molar-refractivity contribution in [3.8, 4) is 10.6 Å². The zero-order chi connectivity index (χ0) is 17.9. The van der Waals surface area contributed by atoms with E-state index in [1.165, 1.54) is 17.5 Å². The Hall–Kier alpha value is -1.92. The first kappa shape index (κ1) is 17.9. The van der Waals surface area contributed by atoms with Crippen LogP contribution in [0, 0.1) is 0 Å². The van der Waals surface area contributed by atoms with Gasteiger partial charge in [-0.3, -0.25) is 4.79 Å². The third-order valence-corrected chi connectivity index (χ3v) is 5.67. The molecule has 0 atom stereocenters. The van der Waals surface area contributed by atoms with Gasteiger partial charge in [0.25, 0.3) is 5.91 Å². The summed E-state index contributed by atoms with van der Waals surface area (Å²) in [6, 6.07) is 7.36. The Labute approximate surface area is 155 Å². The summed E-state index contributed by atoms with van der Waals surface area (Å²) in [5.41, 5.74) is -0.129. The zero-order valence-corrected chi connectivity index (χ0v) is 15.5. The summed E-state index contributed by atoms with van der Waals surface area (Å²) in [6.45, 7) is 2.06. The van der Waals surface area contributed by atoms with Gasteiger partial charge in [0.2, 0.25) is 0 Å². The average Bonchev–Trinajstić information content (AvgIpc) is 3.26. The molecule has 0 unspecified atom stereocenters. The number of carbonyl (C=O) groups excluding carboxylic acids is 2. The minimum atomic E-state index is -0.915. The van der Waals surface area contributed by atoms with E-state index in [-0.39, 0.29) is 11.9 Å². The molecule has 1 fully saturated rings. The fourth-order valence-corrected chi connectivity index (χ4v) is 4.18. The predicted molar refractivity (Wildman–Crippen MR) is 97.9 cm³/mol. The minimum Gasteiger partial charge on any atom is -0.464 e. The molecule has 0 bridgehead atoms. The van der Waals surface area contributed by atoms with Gasteiger partial charge in [-0.05, 0) is 25.8 Å². The Morgan fingerprint density at radius 1 is 1.32 bits per heavy atom. The lowest BCUT2D eigenvalue weighted by Gasteiger charge is -2.27. The Kier molecular flexibility index (Phi) is 5.39. The van der Waals surface area contributed by atoms with Crippen LogP contribution < -0.4 is 5.32 Å². The number of hydrogen-bond acceptors (Lipinski definition) is 5. The second kappa shape index (κ2) is 7.54. The maximum atomic E-state index is 12.7. The van der Waals surface area contributed by atoms with Crippen LogP contribution in [0.15, 0.2) is 30.5 Å². The van der Waals surface area contributed by atoms with Gasteiger partial charge < -0.3 is 10.1 Å². The standard InChI is InChI=1S/C18H19ClN2O3S/c1-2-24-17(23)18(9-5-6-10-18)21-15(22)14-11-20-16(25-14)12-7-3-4-8-13(12)19/h3-4,7-8,11H,2,5-6,9-10H2,1H3,(H,21,22). The highest BCUT2D eigenvalue weighted by atomic mass is 35.5. The summed E-state index contributed by atoms with van der Waals surface area (Å²) in [4.78, 5) is 29.8. The smallest absolute Gasteiger partial charge is 0.331 e. The van der Waals surface area contributed by atoms with E-state index >= 15 is 0 Å². The molecule has 0 radical (unpaired) electrons. The largest absolute Gasteiger partial charge is 0.464 e. The normalized spacial score (nSPS) is 15.8. The van der Waals surface area contributed by atoms with E-state index in [1.807, 2.05) is 18.2 Å². The fourth-order valence-electron chi connectivity index (χ4n) is 3.05. The van der Waals surface area contributed by atoms with E-state index in [1.54, 1.807) is 13.0 Å². The molecule has 1 aliphatic carbocycles. The highest BCUT2D eigenvalue weighted by Crippen LogP contribution is 2.33. The average molecular weight is 379 g/mol. The minimum absolute atomic E-state index is 0.299. The molecule has 2 aromatic rings. The lowest BCUT2D eigenvalue weighted by atomic mass is 9.97. The van der Waals surface area contributed by atoms with Gasteiger partial charge in [0, 0.05) is 5.56 Å². The highest BCUT2D eigenvalue weighted by Gasteiger charge is 2.44. The fraction of sp³-hybridized carbons (Fsp3) is 0.389. The van der Waals surface area contributed by atoms with Crippen molar-refractivity contribution in [1.82, 2.24) is 10.3 Å². The number of nitrogens with one attached hydrogen (secondary N) is 1. The number of thiazole rings is 1. The molecule has 0 spiro atoms. The van der Waals surface area contributed by atoms with Crippen molar-refractivity contribution in [2.45, 2.75) is 38.1 Å². The van der Waals surface area contributed by atoms with Gasteiger partial charge in [-0.25, -0.2) is 9.78 Å². The van der Waals surface area contributed by atoms with Crippen LogP contribution in [0.4, 0.5) is 0 Å². The summed E-state index contributed by atoms with van der Waals surface area (Å²) >= 11 is 7.44. The van der Waals surface area contributed by atoms with Crippen LogP contribution in [0.2, 0.25) is 5.02 Å². The number of benzene rings is 1. The molecular weight excluding hydrogens is 360 g/mol. The van der Waals surface area contributed by atoms with Gasteiger partial charge in [0.1, 0.15) is 15.4 Å². The van der Waals surface area contributed by atoms with Crippen LogP contribution in [0.25, 0.3) is 10.6 Å². The number of carbonyl (C=O) groups is 2. The van der Waals surface area contributed by atoms with Crippen LogP contribution >= 0.6 is 22.9 Å². The first-order valence-electron chi connectivity index (χ1n) is 8.26. The lowest BCUT2D eigenvalue weighted by Crippen LogP contribution is -2.53. The lowest BCUT2D eigenvalue weighted by molar-refractivity contribution is -0.150. The second-order valence-corrected chi connectivity index (χ2v) is 7.41. The molecule has 1 aliphatic rings. The van der Waals surface area contributed by atoms with Crippen molar-refractivity contribution < 1.29 is 14.3 Å². The van der Waals surface area contributed by atoms with Gasteiger partial charge in [0.05, 0.1) is 17.8 Å². The van der Waals surface area contributed by atoms with Crippen LogP contribution in [0.1, 0.15) is 42.3 Å². The van der Waals surface area contributed by atoms with E-state index in [0.29, 0.717) is 34.4 Å². The van der Waals surface area contributed by atoms with E-state index in [0.717, 1.165) is 18.4 Å². The third kappa shape index (κ3) is 3.70. The van der Waals surface area contributed by atoms with Gasteiger partial charge in [0.15, 0.2) is 0 Å². The van der Waals surface area contributed by atoms with Crippen LogP contribution in [-0.4, -0.2) is 29.0 Å². The Morgan fingerprint density at radius 3 is 2.72 bits per heavy atom.